The van der Waals surface area contributed by atoms with Gasteiger partial charge >= 0.3 is 0 Å². The molecule has 3 aromatic heterocycles. The number of fused-ring (bicyclic) bond motifs is 2. The van der Waals surface area contributed by atoms with E-state index < -0.39 is 0 Å². The summed E-state index contributed by atoms with van der Waals surface area (Å²) in [7, 11) is 1.93. The van der Waals surface area contributed by atoms with Gasteiger partial charge in [-0.25, -0.2) is 19.9 Å². The van der Waals surface area contributed by atoms with Crippen LogP contribution in [-0.2, 0) is 26.3 Å². The highest BCUT2D eigenvalue weighted by Crippen LogP contribution is 2.21. The van der Waals surface area contributed by atoms with Crippen LogP contribution in [0.25, 0.3) is 11.2 Å². The van der Waals surface area contributed by atoms with Gasteiger partial charge in [0.2, 0.25) is 5.95 Å². The Balaban J connectivity index is 1.44. The highest BCUT2D eigenvalue weighted by Gasteiger charge is 2.15. The van der Waals surface area contributed by atoms with Crippen molar-refractivity contribution < 1.29 is 0 Å². The maximum Gasteiger partial charge on any atom is 0.224 e. The van der Waals surface area contributed by atoms with E-state index in [-0.39, 0.29) is 0 Å². The molecule has 0 aliphatic heterocycles. The molecule has 4 rings (SSSR count). The van der Waals surface area contributed by atoms with Crippen LogP contribution in [0.15, 0.2) is 12.5 Å². The second-order valence-corrected chi connectivity index (χ2v) is 6.29. The molecule has 24 heavy (non-hydrogen) atoms. The number of aryl methyl sites for hydroxylation is 3. The van der Waals surface area contributed by atoms with Gasteiger partial charge in [0.15, 0.2) is 5.65 Å². The fourth-order valence-corrected chi connectivity index (χ4v) is 3.25. The van der Waals surface area contributed by atoms with Gasteiger partial charge in [0.05, 0.1) is 12.5 Å². The Hall–Kier alpha value is -2.57. The Morgan fingerprint density at radius 2 is 2.00 bits per heavy atom. The third-order valence-electron chi connectivity index (χ3n) is 4.52. The van der Waals surface area contributed by atoms with Gasteiger partial charge in [-0.1, -0.05) is 0 Å². The van der Waals surface area contributed by atoms with Crippen molar-refractivity contribution in [2.75, 3.05) is 11.9 Å². The predicted molar refractivity (Wildman–Crippen MR) is 91.9 cm³/mol. The molecular weight excluding hydrogens is 302 g/mol. The van der Waals surface area contributed by atoms with E-state index >= 15 is 0 Å². The molecule has 3 heterocycles. The van der Waals surface area contributed by atoms with Gasteiger partial charge in [-0.2, -0.15) is 4.98 Å². The number of imidazole rings is 1. The largest absolute Gasteiger partial charge is 0.354 e. The van der Waals surface area contributed by atoms with Gasteiger partial charge in [-0.3, -0.25) is 0 Å². The van der Waals surface area contributed by atoms with Crippen molar-refractivity contribution in [1.82, 2.24) is 29.5 Å². The van der Waals surface area contributed by atoms with Gasteiger partial charge in [0.1, 0.15) is 11.3 Å². The van der Waals surface area contributed by atoms with Crippen molar-refractivity contribution >= 4 is 17.1 Å². The summed E-state index contributed by atoms with van der Waals surface area (Å²) >= 11 is 0. The average Bonchev–Trinajstić information content (AvgIpc) is 2.96. The van der Waals surface area contributed by atoms with Crippen LogP contribution in [0.2, 0.25) is 0 Å². The smallest absolute Gasteiger partial charge is 0.224 e. The number of anilines is 1. The molecule has 3 aromatic rings. The third-order valence-corrected chi connectivity index (χ3v) is 4.52. The van der Waals surface area contributed by atoms with E-state index in [2.05, 4.69) is 32.2 Å². The first-order valence-corrected chi connectivity index (χ1v) is 8.44. The summed E-state index contributed by atoms with van der Waals surface area (Å²) in [4.78, 5) is 22.4. The fraction of sp³-hybridized carbons (Fsp3) is 0.471. The Kier molecular flexibility index (Phi) is 3.84. The molecule has 0 bridgehead atoms. The lowest BCUT2D eigenvalue weighted by Gasteiger charge is -2.17. The molecule has 1 aliphatic carbocycles. The minimum absolute atomic E-state index is 0.612. The van der Waals surface area contributed by atoms with E-state index in [4.69, 9.17) is 4.98 Å². The van der Waals surface area contributed by atoms with Crippen LogP contribution < -0.4 is 5.32 Å². The lowest BCUT2D eigenvalue weighted by atomic mass is 9.95. The van der Waals surface area contributed by atoms with Crippen LogP contribution in [0.4, 0.5) is 5.95 Å². The van der Waals surface area contributed by atoms with Crippen molar-refractivity contribution in [2.24, 2.45) is 7.05 Å². The van der Waals surface area contributed by atoms with Crippen molar-refractivity contribution in [3.63, 3.8) is 0 Å². The van der Waals surface area contributed by atoms with Gasteiger partial charge in [-0.15, -0.1) is 0 Å². The van der Waals surface area contributed by atoms with Crippen molar-refractivity contribution in [3.8, 4) is 0 Å². The molecule has 7 nitrogen and oxygen atoms in total. The normalized spacial score (nSPS) is 13.9. The van der Waals surface area contributed by atoms with Gasteiger partial charge in [0, 0.05) is 31.4 Å². The predicted octanol–water partition coefficient (Wildman–Crippen LogP) is 2.00. The molecule has 0 saturated carbocycles. The summed E-state index contributed by atoms with van der Waals surface area (Å²) in [5.74, 6) is 1.52. The van der Waals surface area contributed by atoms with E-state index in [1.54, 1.807) is 12.5 Å². The second-order valence-electron chi connectivity index (χ2n) is 6.29. The molecule has 0 aromatic carbocycles. The number of hydrogen-bond donors (Lipinski definition) is 1. The number of hydrogen-bond acceptors (Lipinski definition) is 6. The van der Waals surface area contributed by atoms with E-state index in [9.17, 15) is 0 Å². The summed E-state index contributed by atoms with van der Waals surface area (Å²) in [6.07, 6.45) is 8.95. The first-order valence-electron chi connectivity index (χ1n) is 8.44. The summed E-state index contributed by atoms with van der Waals surface area (Å²) in [5.41, 5.74) is 5.38. The van der Waals surface area contributed by atoms with Crippen LogP contribution in [0.1, 0.15) is 35.6 Å². The van der Waals surface area contributed by atoms with Gasteiger partial charge < -0.3 is 9.88 Å². The molecule has 7 heteroatoms. The molecule has 0 radical (unpaired) electrons. The van der Waals surface area contributed by atoms with Crippen molar-refractivity contribution in [1.29, 1.82) is 0 Å². The molecule has 0 amide bonds. The molecule has 0 saturated heterocycles. The van der Waals surface area contributed by atoms with E-state index in [0.717, 1.165) is 41.9 Å². The Labute approximate surface area is 140 Å². The standard InChI is InChI=1S/C17H21N7/c1-11-12-5-3-4-6-13(12)22-15(21-11)7-8-18-17-19-9-14-16(23-17)24(2)10-20-14/h9-10H,3-8H2,1-2H3,(H,18,19,23). The van der Waals surface area contributed by atoms with Crippen LogP contribution in [0.3, 0.4) is 0 Å². The van der Waals surface area contributed by atoms with Gasteiger partial charge in [0.25, 0.3) is 0 Å². The summed E-state index contributed by atoms with van der Waals surface area (Å²) in [5, 5.41) is 3.26. The average molecular weight is 323 g/mol. The number of nitrogens with zero attached hydrogens (tertiary/aromatic N) is 6. The molecule has 0 spiro atoms. The molecule has 1 aliphatic rings. The first-order chi connectivity index (χ1) is 11.7. The summed E-state index contributed by atoms with van der Waals surface area (Å²) < 4.78 is 1.89. The minimum atomic E-state index is 0.612. The zero-order valence-electron chi connectivity index (χ0n) is 14.1. The third kappa shape index (κ3) is 2.81. The highest BCUT2D eigenvalue weighted by molar-refractivity contribution is 5.70. The number of rotatable bonds is 4. The van der Waals surface area contributed by atoms with Gasteiger partial charge in [-0.05, 0) is 38.2 Å². The maximum atomic E-state index is 4.76. The minimum Gasteiger partial charge on any atom is -0.354 e. The second kappa shape index (κ2) is 6.14. The lowest BCUT2D eigenvalue weighted by molar-refractivity contribution is 0.647. The topological polar surface area (TPSA) is 81.4 Å². The van der Waals surface area contributed by atoms with Crippen LogP contribution in [0, 0.1) is 6.92 Å². The lowest BCUT2D eigenvalue weighted by Crippen LogP contribution is -2.15. The van der Waals surface area contributed by atoms with E-state index in [1.807, 2.05) is 11.6 Å². The van der Waals surface area contributed by atoms with Crippen LogP contribution in [-0.4, -0.2) is 36.0 Å². The van der Waals surface area contributed by atoms with Crippen LogP contribution in [0.5, 0.6) is 0 Å². The quantitative estimate of drug-likeness (QED) is 0.791. The maximum absolute atomic E-state index is 4.76. The molecule has 124 valence electrons. The van der Waals surface area contributed by atoms with Crippen LogP contribution >= 0.6 is 0 Å². The Bertz CT molecular complexity index is 884. The Morgan fingerprint density at radius 1 is 1.12 bits per heavy atom. The SMILES string of the molecule is Cc1nc(CCNc2ncc3ncn(C)c3n2)nc2c1CCCC2. The molecular formula is C17H21N7. The van der Waals surface area contributed by atoms with E-state index in [1.165, 1.54) is 24.1 Å². The molecule has 1 N–H and O–H groups in total. The van der Waals surface area contributed by atoms with Crippen molar-refractivity contribution in [2.45, 2.75) is 39.0 Å². The monoisotopic (exact) mass is 323 g/mol. The number of aromatic nitrogens is 6. The summed E-state index contributed by atoms with van der Waals surface area (Å²) in [6.45, 7) is 2.81. The fourth-order valence-electron chi connectivity index (χ4n) is 3.25. The number of nitrogens with one attached hydrogen (secondary N) is 1. The first kappa shape index (κ1) is 15.0. The van der Waals surface area contributed by atoms with E-state index in [0.29, 0.717) is 12.5 Å². The zero-order chi connectivity index (χ0) is 16.5. The summed E-state index contributed by atoms with van der Waals surface area (Å²) in [6, 6.07) is 0. The molecule has 0 atom stereocenters. The molecule has 0 unspecified atom stereocenters. The Morgan fingerprint density at radius 3 is 2.92 bits per heavy atom. The van der Waals surface area contributed by atoms with Crippen molar-refractivity contribution in [3.05, 3.63) is 35.3 Å². The zero-order valence-corrected chi connectivity index (χ0v) is 14.1. The highest BCUT2D eigenvalue weighted by atomic mass is 15.2. The molecule has 0 fully saturated rings.